The molecule has 2 bridgehead atoms. The van der Waals surface area contributed by atoms with Crippen molar-refractivity contribution in [1.29, 1.82) is 0 Å². The molecule has 0 heterocycles. The number of halogens is 6. The van der Waals surface area contributed by atoms with Crippen LogP contribution >= 0.6 is 69.6 Å². The number of hydrogen-bond donors (Lipinski definition) is 0. The van der Waals surface area contributed by atoms with Gasteiger partial charge in [0, 0.05) is 0 Å². The molecule has 0 spiro atoms. The number of rotatable bonds is 0. The van der Waals surface area contributed by atoms with E-state index in [-0.39, 0.29) is 10.1 Å². The number of alkyl halides is 4. The number of ketones is 2. The first-order chi connectivity index (χ1) is 8.61. The highest BCUT2D eigenvalue weighted by atomic mass is 35.5. The fourth-order valence-electron chi connectivity index (χ4n) is 3.07. The van der Waals surface area contributed by atoms with Crippen LogP contribution < -0.4 is 0 Å². The van der Waals surface area contributed by atoms with E-state index < -0.39 is 37.5 Å². The summed E-state index contributed by atoms with van der Waals surface area (Å²) in [5.74, 6) is -2.83. The molecule has 0 amide bonds. The van der Waals surface area contributed by atoms with Gasteiger partial charge in [0.05, 0.1) is 21.9 Å². The van der Waals surface area contributed by atoms with E-state index in [0.717, 1.165) is 12.2 Å². The maximum atomic E-state index is 12.1. The molecule has 4 atom stereocenters. The molecular formula is C11H4Cl6O2. The maximum absolute atomic E-state index is 12.1. The van der Waals surface area contributed by atoms with Crippen LogP contribution in [0.3, 0.4) is 0 Å². The van der Waals surface area contributed by atoms with Gasteiger partial charge in [-0.15, -0.1) is 23.2 Å². The summed E-state index contributed by atoms with van der Waals surface area (Å²) in [5.41, 5.74) is 0. The van der Waals surface area contributed by atoms with Crippen molar-refractivity contribution < 1.29 is 9.59 Å². The third kappa shape index (κ3) is 1.26. The van der Waals surface area contributed by atoms with Crippen LogP contribution in [0.4, 0.5) is 0 Å². The van der Waals surface area contributed by atoms with Crippen LogP contribution in [0.2, 0.25) is 0 Å². The van der Waals surface area contributed by atoms with E-state index in [2.05, 4.69) is 0 Å². The monoisotopic (exact) mass is 378 g/mol. The lowest BCUT2D eigenvalue weighted by atomic mass is 9.74. The summed E-state index contributed by atoms with van der Waals surface area (Å²) in [6.07, 6.45) is 2.27. The standard InChI is InChI=1S/C11H4Cl6O2/c12-7-8(13)10(15)6-4(19)2-1-3(18)5(6)9(7,14)11(10,16)17/h1-2,5-6H/t5-,6-,9+,10+/m1/s1. The van der Waals surface area contributed by atoms with Gasteiger partial charge >= 0.3 is 0 Å². The normalized spacial score (nSPS) is 47.1. The Kier molecular flexibility index (Phi) is 2.94. The molecule has 0 aromatic heterocycles. The molecule has 3 aliphatic carbocycles. The Morgan fingerprint density at radius 3 is 1.42 bits per heavy atom. The molecule has 2 nitrogen and oxygen atoms in total. The van der Waals surface area contributed by atoms with E-state index in [1.165, 1.54) is 0 Å². The first-order valence-corrected chi connectivity index (χ1v) is 7.46. The molecular weight excluding hydrogens is 377 g/mol. The minimum Gasteiger partial charge on any atom is -0.294 e. The quantitative estimate of drug-likeness (QED) is 0.599. The molecule has 8 heteroatoms. The predicted molar refractivity (Wildman–Crippen MR) is 76.5 cm³/mol. The van der Waals surface area contributed by atoms with E-state index in [1.807, 2.05) is 0 Å². The SMILES string of the molecule is O=C1C=CC(=O)[C@@H]2[C@@H]1[C@]1(Cl)C(Cl)=C(Cl)[C@]2(Cl)C1(Cl)Cl. The second kappa shape index (κ2) is 3.85. The van der Waals surface area contributed by atoms with E-state index in [0.29, 0.717) is 0 Å². The van der Waals surface area contributed by atoms with Gasteiger partial charge in [0.25, 0.3) is 0 Å². The van der Waals surface area contributed by atoms with Crippen LogP contribution in [0.1, 0.15) is 0 Å². The molecule has 0 N–H and O–H groups in total. The van der Waals surface area contributed by atoms with Gasteiger partial charge in [0.15, 0.2) is 15.9 Å². The van der Waals surface area contributed by atoms with Crippen molar-refractivity contribution in [1.82, 2.24) is 0 Å². The Morgan fingerprint density at radius 1 is 0.789 bits per heavy atom. The lowest BCUT2D eigenvalue weighted by Crippen LogP contribution is -2.46. The number of allylic oxidation sites excluding steroid dienone is 4. The average molecular weight is 381 g/mol. The number of carbonyl (C=O) groups is 2. The highest BCUT2D eigenvalue weighted by Crippen LogP contribution is 2.76. The second-order valence-electron chi connectivity index (χ2n) is 4.72. The van der Waals surface area contributed by atoms with Crippen molar-refractivity contribution in [2.75, 3.05) is 0 Å². The van der Waals surface area contributed by atoms with Gasteiger partial charge < -0.3 is 0 Å². The highest BCUT2D eigenvalue weighted by molar-refractivity contribution is 6.66. The van der Waals surface area contributed by atoms with Crippen LogP contribution in [-0.2, 0) is 9.59 Å². The van der Waals surface area contributed by atoms with Gasteiger partial charge in [-0.2, -0.15) is 0 Å². The summed E-state index contributed by atoms with van der Waals surface area (Å²) in [7, 11) is 0. The number of carbonyl (C=O) groups excluding carboxylic acids is 2. The lowest BCUT2D eigenvalue weighted by molar-refractivity contribution is -0.128. The Hall–Kier alpha value is 0.560. The number of fused-ring (bicyclic) bond motifs is 5. The Bertz CT molecular complexity index is 546. The van der Waals surface area contributed by atoms with Gasteiger partial charge in [-0.3, -0.25) is 9.59 Å². The van der Waals surface area contributed by atoms with Gasteiger partial charge in [-0.25, -0.2) is 0 Å². The van der Waals surface area contributed by atoms with E-state index in [1.54, 1.807) is 0 Å². The van der Waals surface area contributed by atoms with Crippen LogP contribution in [0.15, 0.2) is 22.2 Å². The Morgan fingerprint density at radius 2 is 1.11 bits per heavy atom. The van der Waals surface area contributed by atoms with Gasteiger partial charge in [-0.05, 0) is 12.2 Å². The highest BCUT2D eigenvalue weighted by Gasteiger charge is 2.84. The summed E-state index contributed by atoms with van der Waals surface area (Å²) in [5, 5.41) is -0.151. The second-order valence-corrected chi connectivity index (χ2v) is 7.99. The van der Waals surface area contributed by atoms with Crippen molar-refractivity contribution in [2.24, 2.45) is 11.8 Å². The molecule has 1 saturated carbocycles. The lowest BCUT2D eigenvalue weighted by Gasteiger charge is -2.35. The van der Waals surface area contributed by atoms with Gasteiger partial charge in [-0.1, -0.05) is 46.4 Å². The van der Waals surface area contributed by atoms with Crippen molar-refractivity contribution in [3.63, 3.8) is 0 Å². The predicted octanol–water partition coefficient (Wildman–Crippen LogP) is 3.77. The topological polar surface area (TPSA) is 34.1 Å². The first kappa shape index (κ1) is 14.5. The van der Waals surface area contributed by atoms with E-state index >= 15 is 0 Å². The molecule has 3 rings (SSSR count). The molecule has 19 heavy (non-hydrogen) atoms. The minimum absolute atomic E-state index is 0.0754. The molecule has 102 valence electrons. The van der Waals surface area contributed by atoms with Crippen molar-refractivity contribution in [3.8, 4) is 0 Å². The van der Waals surface area contributed by atoms with Crippen LogP contribution in [0.25, 0.3) is 0 Å². The zero-order valence-corrected chi connectivity index (χ0v) is 13.4. The Balaban J connectivity index is 2.38. The van der Waals surface area contributed by atoms with Gasteiger partial charge in [0.1, 0.15) is 9.75 Å². The summed E-state index contributed by atoms with van der Waals surface area (Å²) in [6.45, 7) is 0. The fourth-order valence-corrected chi connectivity index (χ4v) is 6.03. The zero-order valence-electron chi connectivity index (χ0n) is 8.89. The van der Waals surface area contributed by atoms with E-state index in [9.17, 15) is 9.59 Å². The largest absolute Gasteiger partial charge is 0.294 e. The molecule has 0 aliphatic heterocycles. The molecule has 0 aromatic carbocycles. The molecule has 0 saturated heterocycles. The summed E-state index contributed by atoms with van der Waals surface area (Å²) in [4.78, 5) is 20.8. The van der Waals surface area contributed by atoms with Crippen LogP contribution in [0.5, 0.6) is 0 Å². The number of hydrogen-bond acceptors (Lipinski definition) is 2. The molecule has 0 aromatic rings. The van der Waals surface area contributed by atoms with Crippen LogP contribution in [-0.4, -0.2) is 25.6 Å². The van der Waals surface area contributed by atoms with E-state index in [4.69, 9.17) is 69.6 Å². The van der Waals surface area contributed by atoms with Crippen molar-refractivity contribution in [3.05, 3.63) is 22.2 Å². The van der Waals surface area contributed by atoms with Crippen LogP contribution in [0, 0.1) is 11.8 Å². The Labute approximate surface area is 138 Å². The molecule has 3 aliphatic rings. The first-order valence-electron chi connectivity index (χ1n) is 5.19. The zero-order chi connectivity index (χ0) is 14.4. The summed E-state index contributed by atoms with van der Waals surface area (Å²) in [6, 6.07) is 0. The van der Waals surface area contributed by atoms with Crippen molar-refractivity contribution >= 4 is 81.2 Å². The third-order valence-corrected chi connectivity index (χ3v) is 8.22. The minimum atomic E-state index is -1.86. The summed E-state index contributed by atoms with van der Waals surface area (Å²) < 4.78 is -1.86. The summed E-state index contributed by atoms with van der Waals surface area (Å²) >= 11 is 37.6. The fraction of sp³-hybridized carbons (Fsp3) is 0.455. The maximum Gasteiger partial charge on any atom is 0.167 e. The molecule has 0 unspecified atom stereocenters. The smallest absolute Gasteiger partial charge is 0.167 e. The molecule has 1 fully saturated rings. The van der Waals surface area contributed by atoms with Gasteiger partial charge in [0.2, 0.25) is 0 Å². The third-order valence-electron chi connectivity index (χ3n) is 3.96. The van der Waals surface area contributed by atoms with Crippen molar-refractivity contribution in [2.45, 2.75) is 14.1 Å². The average Bonchev–Trinajstić information content (AvgIpc) is 2.55. The molecule has 0 radical (unpaired) electrons.